The highest BCUT2D eigenvalue weighted by Crippen LogP contribution is 2.27. The lowest BCUT2D eigenvalue weighted by Crippen LogP contribution is -2.65. The summed E-state index contributed by atoms with van der Waals surface area (Å²) < 4.78 is 5.44. The van der Waals surface area contributed by atoms with Crippen LogP contribution >= 0.6 is 0 Å². The predicted octanol–water partition coefficient (Wildman–Crippen LogP) is 0.910. The lowest BCUT2D eigenvalue weighted by Gasteiger charge is -2.51. The summed E-state index contributed by atoms with van der Waals surface area (Å²) >= 11 is 0. The highest BCUT2D eigenvalue weighted by atomic mass is 16.5. The van der Waals surface area contributed by atoms with Gasteiger partial charge in [-0.15, -0.1) is 0 Å². The quantitative estimate of drug-likeness (QED) is 0.793. The molecule has 2 fully saturated rings. The summed E-state index contributed by atoms with van der Waals surface area (Å²) in [6, 6.07) is 0.752. The Morgan fingerprint density at radius 2 is 2.11 bits per heavy atom. The van der Waals surface area contributed by atoms with Crippen molar-refractivity contribution in [1.29, 1.82) is 0 Å². The maximum atomic E-state index is 6.07. The van der Waals surface area contributed by atoms with E-state index in [-0.39, 0.29) is 5.54 Å². The van der Waals surface area contributed by atoms with Gasteiger partial charge in [0.2, 0.25) is 0 Å². The van der Waals surface area contributed by atoms with Crippen molar-refractivity contribution in [1.82, 2.24) is 9.80 Å². The van der Waals surface area contributed by atoms with Gasteiger partial charge in [-0.3, -0.25) is 9.80 Å². The van der Waals surface area contributed by atoms with Gasteiger partial charge in [-0.25, -0.2) is 0 Å². The van der Waals surface area contributed by atoms with Gasteiger partial charge >= 0.3 is 0 Å². The number of piperazine rings is 1. The molecule has 2 saturated heterocycles. The van der Waals surface area contributed by atoms with Gasteiger partial charge in [0.1, 0.15) is 0 Å². The summed E-state index contributed by atoms with van der Waals surface area (Å²) in [5.74, 6) is 0. The molecule has 4 nitrogen and oxygen atoms in total. The van der Waals surface area contributed by atoms with Crippen LogP contribution in [0.4, 0.5) is 0 Å². The Balaban J connectivity index is 2.03. The Morgan fingerprint density at radius 3 is 2.78 bits per heavy atom. The normalized spacial score (nSPS) is 29.8. The van der Waals surface area contributed by atoms with E-state index < -0.39 is 0 Å². The van der Waals surface area contributed by atoms with Gasteiger partial charge in [0, 0.05) is 39.3 Å². The van der Waals surface area contributed by atoms with Crippen molar-refractivity contribution in [2.24, 2.45) is 5.73 Å². The molecule has 4 heteroatoms. The number of ether oxygens (including phenoxy) is 1. The molecule has 18 heavy (non-hydrogen) atoms. The minimum Gasteiger partial charge on any atom is -0.383 e. The van der Waals surface area contributed by atoms with E-state index in [1.807, 2.05) is 0 Å². The maximum absolute atomic E-state index is 6.07. The van der Waals surface area contributed by atoms with E-state index in [0.717, 1.165) is 25.6 Å². The summed E-state index contributed by atoms with van der Waals surface area (Å²) in [5, 5.41) is 0. The van der Waals surface area contributed by atoms with E-state index in [1.165, 1.54) is 38.9 Å². The zero-order chi connectivity index (χ0) is 13.0. The zero-order valence-corrected chi connectivity index (χ0v) is 12.0. The number of rotatable bonds is 5. The van der Waals surface area contributed by atoms with E-state index in [1.54, 1.807) is 7.11 Å². The average molecular weight is 255 g/mol. The van der Waals surface area contributed by atoms with Crippen LogP contribution in [-0.4, -0.2) is 67.8 Å². The Kier molecular flexibility index (Phi) is 5.01. The van der Waals surface area contributed by atoms with Crippen LogP contribution < -0.4 is 5.73 Å². The molecule has 0 bridgehead atoms. The molecule has 0 aromatic rings. The number of nitrogens with two attached hydrogens (primary N) is 1. The van der Waals surface area contributed by atoms with Crippen molar-refractivity contribution in [3.8, 4) is 0 Å². The minimum absolute atomic E-state index is 0.0539. The van der Waals surface area contributed by atoms with Gasteiger partial charge < -0.3 is 10.5 Å². The van der Waals surface area contributed by atoms with Gasteiger partial charge in [0.15, 0.2) is 0 Å². The third-order valence-electron chi connectivity index (χ3n) is 4.96. The number of hydrogen-bond acceptors (Lipinski definition) is 4. The first kappa shape index (κ1) is 14.3. The predicted molar refractivity (Wildman–Crippen MR) is 74.7 cm³/mol. The second kappa shape index (κ2) is 6.33. The molecule has 0 aromatic heterocycles. The summed E-state index contributed by atoms with van der Waals surface area (Å²) in [6.45, 7) is 8.51. The average Bonchev–Trinajstić information content (AvgIpc) is 2.44. The Bertz CT molecular complexity index is 255. The van der Waals surface area contributed by atoms with E-state index in [0.29, 0.717) is 6.54 Å². The summed E-state index contributed by atoms with van der Waals surface area (Å²) in [7, 11) is 1.79. The van der Waals surface area contributed by atoms with Crippen LogP contribution in [0.2, 0.25) is 0 Å². The van der Waals surface area contributed by atoms with Gasteiger partial charge in [0.25, 0.3) is 0 Å². The number of hydrogen-bond donors (Lipinski definition) is 1. The van der Waals surface area contributed by atoms with Crippen LogP contribution in [0.15, 0.2) is 0 Å². The number of methoxy groups -OCH3 is 1. The highest BCUT2D eigenvalue weighted by Gasteiger charge is 2.39. The molecule has 2 aliphatic rings. The van der Waals surface area contributed by atoms with E-state index in [9.17, 15) is 0 Å². The third kappa shape index (κ3) is 2.72. The van der Waals surface area contributed by atoms with Crippen molar-refractivity contribution in [3.05, 3.63) is 0 Å². The van der Waals surface area contributed by atoms with E-state index >= 15 is 0 Å². The standard InChI is InChI=1S/C14H29N3O/c1-3-14(11-15,12-18-2)17-9-8-16-7-5-4-6-13(16)10-17/h13H,3-12,15H2,1-2H3. The number of piperidine rings is 1. The van der Waals surface area contributed by atoms with Crippen LogP contribution in [0.5, 0.6) is 0 Å². The Morgan fingerprint density at radius 1 is 1.28 bits per heavy atom. The zero-order valence-electron chi connectivity index (χ0n) is 12.0. The highest BCUT2D eigenvalue weighted by molar-refractivity contribution is 4.96. The first-order chi connectivity index (χ1) is 8.75. The number of fused-ring (bicyclic) bond motifs is 1. The molecule has 0 amide bonds. The lowest BCUT2D eigenvalue weighted by molar-refractivity contribution is -0.0439. The first-order valence-corrected chi connectivity index (χ1v) is 7.44. The molecule has 0 aromatic carbocycles. The van der Waals surface area contributed by atoms with E-state index in [2.05, 4.69) is 16.7 Å². The fourth-order valence-corrected chi connectivity index (χ4v) is 3.60. The number of nitrogens with zero attached hydrogens (tertiary/aromatic N) is 2. The van der Waals surface area contributed by atoms with E-state index in [4.69, 9.17) is 10.5 Å². The third-order valence-corrected chi connectivity index (χ3v) is 4.96. The molecular formula is C14H29N3O. The monoisotopic (exact) mass is 255 g/mol. The van der Waals surface area contributed by atoms with Crippen LogP contribution in [0.3, 0.4) is 0 Å². The molecule has 2 heterocycles. The Hall–Kier alpha value is -0.160. The molecular weight excluding hydrogens is 226 g/mol. The summed E-state index contributed by atoms with van der Waals surface area (Å²) in [4.78, 5) is 5.27. The molecule has 0 radical (unpaired) electrons. The van der Waals surface area contributed by atoms with Crippen LogP contribution in [-0.2, 0) is 4.74 Å². The maximum Gasteiger partial charge on any atom is 0.0658 e. The fourth-order valence-electron chi connectivity index (χ4n) is 3.60. The van der Waals surface area contributed by atoms with Crippen molar-refractivity contribution in [3.63, 3.8) is 0 Å². The van der Waals surface area contributed by atoms with Gasteiger partial charge in [-0.2, -0.15) is 0 Å². The minimum atomic E-state index is 0.0539. The van der Waals surface area contributed by atoms with Gasteiger partial charge in [-0.1, -0.05) is 13.3 Å². The van der Waals surface area contributed by atoms with Gasteiger partial charge in [-0.05, 0) is 25.8 Å². The fraction of sp³-hybridized carbons (Fsp3) is 1.00. The van der Waals surface area contributed by atoms with Crippen molar-refractivity contribution in [2.75, 3.05) is 46.4 Å². The van der Waals surface area contributed by atoms with Crippen LogP contribution in [0, 0.1) is 0 Å². The smallest absolute Gasteiger partial charge is 0.0658 e. The molecule has 2 unspecified atom stereocenters. The second-order valence-corrected chi connectivity index (χ2v) is 5.85. The SMILES string of the molecule is CCC(CN)(COC)N1CCN2CCCCC2C1. The molecule has 0 saturated carbocycles. The molecule has 2 N–H and O–H groups in total. The van der Waals surface area contributed by atoms with Crippen molar-refractivity contribution < 1.29 is 4.74 Å². The molecule has 2 atom stereocenters. The second-order valence-electron chi connectivity index (χ2n) is 5.85. The lowest BCUT2D eigenvalue weighted by atomic mass is 9.90. The molecule has 2 aliphatic heterocycles. The van der Waals surface area contributed by atoms with Gasteiger partial charge in [0.05, 0.1) is 12.1 Å². The van der Waals surface area contributed by atoms with Crippen molar-refractivity contribution in [2.45, 2.75) is 44.2 Å². The Labute approximate surface area is 111 Å². The molecule has 106 valence electrons. The summed E-state index contributed by atoms with van der Waals surface area (Å²) in [6.07, 6.45) is 5.20. The van der Waals surface area contributed by atoms with Crippen LogP contribution in [0.25, 0.3) is 0 Å². The molecule has 0 aliphatic carbocycles. The van der Waals surface area contributed by atoms with Crippen molar-refractivity contribution >= 4 is 0 Å². The largest absolute Gasteiger partial charge is 0.383 e. The first-order valence-electron chi connectivity index (χ1n) is 7.44. The summed E-state index contributed by atoms with van der Waals surface area (Å²) in [5.41, 5.74) is 6.12. The van der Waals surface area contributed by atoms with Crippen LogP contribution in [0.1, 0.15) is 32.6 Å². The molecule has 2 rings (SSSR count). The topological polar surface area (TPSA) is 41.7 Å². The molecule has 0 spiro atoms.